The zero-order valence-electron chi connectivity index (χ0n) is 9.62. The number of aliphatic hydroxyl groups excluding tert-OH is 1. The van der Waals surface area contributed by atoms with Crippen molar-refractivity contribution in [3.05, 3.63) is 0 Å². The maximum Gasteiger partial charge on any atom is 0.224 e. The quantitative estimate of drug-likeness (QED) is 0.623. The summed E-state index contributed by atoms with van der Waals surface area (Å²) in [6.45, 7) is 6.03. The van der Waals surface area contributed by atoms with E-state index in [9.17, 15) is 9.90 Å². The first-order valence-corrected chi connectivity index (χ1v) is 5.77. The maximum absolute atomic E-state index is 11.7. The van der Waals surface area contributed by atoms with E-state index in [-0.39, 0.29) is 17.7 Å². The van der Waals surface area contributed by atoms with Gasteiger partial charge in [-0.25, -0.2) is 0 Å². The molecule has 1 rings (SSSR count). The summed E-state index contributed by atoms with van der Waals surface area (Å²) in [5, 5.41) is 15.6. The molecule has 0 bridgehead atoms. The highest BCUT2D eigenvalue weighted by molar-refractivity contribution is 5.78. The molecule has 0 aromatic carbocycles. The van der Waals surface area contributed by atoms with Crippen LogP contribution < -0.4 is 10.6 Å². The van der Waals surface area contributed by atoms with Crippen LogP contribution in [0, 0.1) is 11.8 Å². The van der Waals surface area contributed by atoms with E-state index in [0.717, 1.165) is 25.9 Å². The van der Waals surface area contributed by atoms with Gasteiger partial charge >= 0.3 is 0 Å². The molecule has 1 unspecified atom stereocenters. The van der Waals surface area contributed by atoms with Gasteiger partial charge in [0.2, 0.25) is 5.91 Å². The lowest BCUT2D eigenvalue weighted by Gasteiger charge is -2.23. The molecule has 0 saturated carbocycles. The Morgan fingerprint density at radius 3 is 2.87 bits per heavy atom. The fourth-order valence-corrected chi connectivity index (χ4v) is 1.66. The molecule has 15 heavy (non-hydrogen) atoms. The fourth-order valence-electron chi connectivity index (χ4n) is 1.66. The molecule has 4 nitrogen and oxygen atoms in total. The van der Waals surface area contributed by atoms with Gasteiger partial charge in [-0.15, -0.1) is 0 Å². The molecule has 1 saturated heterocycles. The molecule has 0 radical (unpaired) electrons. The number of piperidine rings is 1. The molecule has 0 aromatic heterocycles. The van der Waals surface area contributed by atoms with Gasteiger partial charge in [0, 0.05) is 13.1 Å². The molecule has 0 aromatic rings. The molecule has 0 spiro atoms. The second kappa shape index (κ2) is 6.08. The first-order valence-electron chi connectivity index (χ1n) is 5.77. The Bertz CT molecular complexity index is 201. The molecule has 4 heteroatoms. The first kappa shape index (κ1) is 12.5. The van der Waals surface area contributed by atoms with E-state index in [2.05, 4.69) is 10.6 Å². The highest BCUT2D eigenvalue weighted by atomic mass is 16.3. The molecule has 1 aliphatic heterocycles. The SMILES string of the molecule is CC(C)C(O)CNC(=O)[C@@H]1CCCNC1. The van der Waals surface area contributed by atoms with Gasteiger partial charge in [0.25, 0.3) is 0 Å². The molecule has 2 atom stereocenters. The number of carbonyl (C=O) groups is 1. The summed E-state index contributed by atoms with van der Waals surface area (Å²) in [4.78, 5) is 11.7. The topological polar surface area (TPSA) is 61.4 Å². The van der Waals surface area contributed by atoms with Crippen molar-refractivity contribution >= 4 is 5.91 Å². The van der Waals surface area contributed by atoms with Crippen LogP contribution in [0.15, 0.2) is 0 Å². The second-order valence-corrected chi connectivity index (χ2v) is 4.60. The standard InChI is InChI=1S/C11H22N2O2/c1-8(2)10(14)7-13-11(15)9-4-3-5-12-6-9/h8-10,12,14H,3-7H2,1-2H3,(H,13,15)/t9-,10?/m1/s1. The molecule has 1 amide bonds. The minimum Gasteiger partial charge on any atom is -0.391 e. The lowest BCUT2D eigenvalue weighted by atomic mass is 9.98. The molecule has 1 fully saturated rings. The summed E-state index contributed by atoms with van der Waals surface area (Å²) >= 11 is 0. The number of aliphatic hydroxyl groups is 1. The third-order valence-electron chi connectivity index (χ3n) is 2.92. The highest BCUT2D eigenvalue weighted by Gasteiger charge is 2.21. The molecule has 3 N–H and O–H groups in total. The van der Waals surface area contributed by atoms with Crippen molar-refractivity contribution in [2.75, 3.05) is 19.6 Å². The second-order valence-electron chi connectivity index (χ2n) is 4.60. The van der Waals surface area contributed by atoms with E-state index < -0.39 is 6.10 Å². The van der Waals surface area contributed by atoms with Crippen LogP contribution in [0.4, 0.5) is 0 Å². The van der Waals surface area contributed by atoms with Gasteiger partial charge in [-0.3, -0.25) is 4.79 Å². The summed E-state index contributed by atoms with van der Waals surface area (Å²) in [6.07, 6.45) is 1.58. The Hall–Kier alpha value is -0.610. The Balaban J connectivity index is 2.22. The normalized spacial score (nSPS) is 23.9. The van der Waals surface area contributed by atoms with Crippen LogP contribution in [-0.4, -0.2) is 36.8 Å². The number of rotatable bonds is 4. The lowest BCUT2D eigenvalue weighted by Crippen LogP contribution is -2.43. The third-order valence-corrected chi connectivity index (χ3v) is 2.92. The Kier molecular flexibility index (Phi) is 5.05. The van der Waals surface area contributed by atoms with Crippen molar-refractivity contribution < 1.29 is 9.90 Å². The predicted octanol–water partition coefficient (Wildman–Crippen LogP) is 0.119. The number of nitrogens with one attached hydrogen (secondary N) is 2. The summed E-state index contributed by atoms with van der Waals surface area (Å²) < 4.78 is 0. The molecule has 1 heterocycles. The van der Waals surface area contributed by atoms with Crippen LogP contribution in [0.25, 0.3) is 0 Å². The lowest BCUT2D eigenvalue weighted by molar-refractivity contribution is -0.126. The van der Waals surface area contributed by atoms with E-state index >= 15 is 0 Å². The monoisotopic (exact) mass is 214 g/mol. The van der Waals surface area contributed by atoms with Crippen molar-refractivity contribution in [2.24, 2.45) is 11.8 Å². The predicted molar refractivity (Wildman–Crippen MR) is 59.4 cm³/mol. The summed E-state index contributed by atoms with van der Waals surface area (Å²) in [5.74, 6) is 0.342. The number of hydrogen-bond acceptors (Lipinski definition) is 3. The van der Waals surface area contributed by atoms with E-state index in [1.165, 1.54) is 0 Å². The number of hydrogen-bond donors (Lipinski definition) is 3. The zero-order chi connectivity index (χ0) is 11.3. The Labute approximate surface area is 91.4 Å². The van der Waals surface area contributed by atoms with Crippen molar-refractivity contribution in [3.8, 4) is 0 Å². The molecular formula is C11H22N2O2. The van der Waals surface area contributed by atoms with E-state index in [1.54, 1.807) is 0 Å². The number of carbonyl (C=O) groups excluding carboxylic acids is 1. The zero-order valence-corrected chi connectivity index (χ0v) is 9.62. The maximum atomic E-state index is 11.7. The molecular weight excluding hydrogens is 192 g/mol. The van der Waals surface area contributed by atoms with Crippen LogP contribution in [0.2, 0.25) is 0 Å². The van der Waals surface area contributed by atoms with E-state index in [0.29, 0.717) is 6.54 Å². The van der Waals surface area contributed by atoms with Crippen LogP contribution in [0.3, 0.4) is 0 Å². The smallest absolute Gasteiger partial charge is 0.224 e. The third kappa shape index (κ3) is 4.18. The largest absolute Gasteiger partial charge is 0.391 e. The first-order chi connectivity index (χ1) is 7.11. The van der Waals surface area contributed by atoms with Gasteiger partial charge in [-0.1, -0.05) is 13.8 Å². The molecule has 1 aliphatic rings. The van der Waals surface area contributed by atoms with Gasteiger partial charge in [0.05, 0.1) is 12.0 Å². The van der Waals surface area contributed by atoms with E-state index in [4.69, 9.17) is 0 Å². The Morgan fingerprint density at radius 2 is 2.33 bits per heavy atom. The summed E-state index contributed by atoms with van der Waals surface area (Å²) in [7, 11) is 0. The van der Waals surface area contributed by atoms with Gasteiger partial charge in [-0.05, 0) is 25.3 Å². The Morgan fingerprint density at radius 1 is 1.60 bits per heavy atom. The van der Waals surface area contributed by atoms with Crippen molar-refractivity contribution in [1.29, 1.82) is 0 Å². The van der Waals surface area contributed by atoms with Crippen molar-refractivity contribution in [1.82, 2.24) is 10.6 Å². The van der Waals surface area contributed by atoms with Crippen LogP contribution in [-0.2, 0) is 4.79 Å². The minimum atomic E-state index is -0.439. The van der Waals surface area contributed by atoms with Gasteiger partial charge < -0.3 is 15.7 Å². The fraction of sp³-hybridized carbons (Fsp3) is 0.909. The van der Waals surface area contributed by atoms with Gasteiger partial charge in [0.15, 0.2) is 0 Å². The van der Waals surface area contributed by atoms with Crippen LogP contribution in [0.1, 0.15) is 26.7 Å². The molecule has 88 valence electrons. The summed E-state index contributed by atoms with van der Waals surface area (Å²) in [6, 6.07) is 0. The minimum absolute atomic E-state index is 0.0712. The van der Waals surface area contributed by atoms with Gasteiger partial charge in [0.1, 0.15) is 0 Å². The van der Waals surface area contributed by atoms with E-state index in [1.807, 2.05) is 13.8 Å². The van der Waals surface area contributed by atoms with Crippen molar-refractivity contribution in [2.45, 2.75) is 32.8 Å². The van der Waals surface area contributed by atoms with Crippen molar-refractivity contribution in [3.63, 3.8) is 0 Å². The average molecular weight is 214 g/mol. The van der Waals surface area contributed by atoms with Gasteiger partial charge in [-0.2, -0.15) is 0 Å². The molecule has 0 aliphatic carbocycles. The average Bonchev–Trinajstić information content (AvgIpc) is 2.26. The summed E-state index contributed by atoms with van der Waals surface area (Å²) in [5.41, 5.74) is 0. The van der Waals surface area contributed by atoms with Crippen LogP contribution in [0.5, 0.6) is 0 Å². The van der Waals surface area contributed by atoms with Crippen LogP contribution >= 0.6 is 0 Å². The highest BCUT2D eigenvalue weighted by Crippen LogP contribution is 2.09. The number of amides is 1.